The molecular weight excluding hydrogens is 528 g/mol. The van der Waals surface area contributed by atoms with Crippen LogP contribution in [0.2, 0.25) is 0 Å². The Morgan fingerprint density at radius 3 is 1.11 bits per heavy atom. The molecule has 0 saturated heterocycles. The normalized spacial score (nSPS) is 13.9. The molecule has 44 heavy (non-hydrogen) atoms. The fourth-order valence-electron chi connectivity index (χ4n) is 7.06. The van der Waals surface area contributed by atoms with Crippen molar-refractivity contribution >= 4 is 0 Å². The van der Waals surface area contributed by atoms with Gasteiger partial charge in [-0.15, -0.1) is 0 Å². The Balaban J connectivity index is 1.28. The molecule has 0 amide bonds. The van der Waals surface area contributed by atoms with E-state index < -0.39 is 0 Å². The van der Waals surface area contributed by atoms with Crippen molar-refractivity contribution in [3.05, 3.63) is 193 Å². The molecule has 8 rings (SSSR count). The lowest BCUT2D eigenvalue weighted by Gasteiger charge is -2.21. The smallest absolute Gasteiger partial charge is 0.0200 e. The maximum absolute atomic E-state index is 2.46. The van der Waals surface area contributed by atoms with E-state index in [-0.39, 0.29) is 11.8 Å². The van der Waals surface area contributed by atoms with Gasteiger partial charge in [0.2, 0.25) is 0 Å². The van der Waals surface area contributed by atoms with Crippen LogP contribution in [0.1, 0.15) is 17.0 Å². The molecule has 0 saturated carbocycles. The monoisotopic (exact) mass is 560 g/mol. The predicted octanol–water partition coefficient (Wildman–Crippen LogP) is 11.8. The van der Waals surface area contributed by atoms with Crippen molar-refractivity contribution in [1.82, 2.24) is 0 Å². The van der Waals surface area contributed by atoms with Crippen LogP contribution in [0.25, 0.3) is 55.6 Å². The molecular formula is C44H32. The summed E-state index contributed by atoms with van der Waals surface area (Å²) >= 11 is 0. The minimum absolute atomic E-state index is 0.222. The van der Waals surface area contributed by atoms with E-state index in [0.29, 0.717) is 0 Å². The predicted molar refractivity (Wildman–Crippen MR) is 186 cm³/mol. The highest BCUT2D eigenvalue weighted by Crippen LogP contribution is 2.52. The minimum Gasteiger partial charge on any atom is -0.0767 e. The van der Waals surface area contributed by atoms with E-state index in [2.05, 4.69) is 182 Å². The van der Waals surface area contributed by atoms with Gasteiger partial charge in [0.1, 0.15) is 0 Å². The van der Waals surface area contributed by atoms with E-state index in [1.54, 1.807) is 0 Å². The standard InChI is InChI=1S/C44H32/c1-2-6-20-33(19-5-1)44-42-29-34(38-23-13-11-21-36(38)31-15-7-3-8-16-31)25-27-40(42)41-28-26-35(30-43(41)44)39-24-14-12-22-37(39)32-17-9-4-10-18-32/h1-30,33,44H. The maximum Gasteiger partial charge on any atom is 0.0200 e. The Morgan fingerprint density at radius 2 is 0.682 bits per heavy atom. The van der Waals surface area contributed by atoms with Crippen molar-refractivity contribution in [3.63, 3.8) is 0 Å². The second-order valence-corrected chi connectivity index (χ2v) is 11.6. The molecule has 0 spiro atoms. The molecule has 0 aromatic heterocycles. The molecule has 208 valence electrons. The van der Waals surface area contributed by atoms with E-state index in [9.17, 15) is 0 Å². The van der Waals surface area contributed by atoms with Crippen molar-refractivity contribution in [2.24, 2.45) is 5.92 Å². The average molecular weight is 561 g/mol. The van der Waals surface area contributed by atoms with Crippen LogP contribution in [-0.4, -0.2) is 0 Å². The molecule has 0 heteroatoms. The summed E-state index contributed by atoms with van der Waals surface area (Å²) < 4.78 is 0. The van der Waals surface area contributed by atoms with Gasteiger partial charge in [-0.1, -0.05) is 170 Å². The molecule has 0 unspecified atom stereocenters. The van der Waals surface area contributed by atoms with Gasteiger partial charge in [0, 0.05) is 11.8 Å². The summed E-state index contributed by atoms with van der Waals surface area (Å²) in [6.45, 7) is 0. The van der Waals surface area contributed by atoms with Crippen LogP contribution < -0.4 is 0 Å². The second-order valence-electron chi connectivity index (χ2n) is 11.6. The van der Waals surface area contributed by atoms with Gasteiger partial charge in [0.25, 0.3) is 0 Å². The highest BCUT2D eigenvalue weighted by Gasteiger charge is 2.33. The molecule has 0 fully saturated rings. The molecule has 0 atom stereocenters. The first-order valence-corrected chi connectivity index (χ1v) is 15.4. The lowest BCUT2D eigenvalue weighted by Crippen LogP contribution is -2.08. The first kappa shape index (κ1) is 26.2. The van der Waals surface area contributed by atoms with Crippen molar-refractivity contribution in [3.8, 4) is 55.6 Å². The Bertz CT molecular complexity index is 1910. The van der Waals surface area contributed by atoms with E-state index in [1.807, 2.05) is 0 Å². The maximum atomic E-state index is 2.46. The van der Waals surface area contributed by atoms with Gasteiger partial charge in [-0.05, 0) is 78.9 Å². The average Bonchev–Trinajstić information content (AvgIpc) is 3.21. The first-order valence-electron chi connectivity index (χ1n) is 15.4. The summed E-state index contributed by atoms with van der Waals surface area (Å²) in [7, 11) is 0. The summed E-state index contributed by atoms with van der Waals surface area (Å²) in [4.78, 5) is 0. The molecule has 0 bridgehead atoms. The topological polar surface area (TPSA) is 0 Å². The number of rotatable bonds is 5. The van der Waals surface area contributed by atoms with Crippen molar-refractivity contribution in [2.75, 3.05) is 0 Å². The summed E-state index contributed by atoms with van der Waals surface area (Å²) in [5, 5.41) is 0. The van der Waals surface area contributed by atoms with Crippen LogP contribution in [0.5, 0.6) is 0 Å². The Morgan fingerprint density at radius 1 is 0.295 bits per heavy atom. The van der Waals surface area contributed by atoms with Crippen molar-refractivity contribution < 1.29 is 0 Å². The molecule has 0 N–H and O–H groups in total. The van der Waals surface area contributed by atoms with Crippen LogP contribution in [0.3, 0.4) is 0 Å². The highest BCUT2D eigenvalue weighted by atomic mass is 14.4. The summed E-state index contributed by atoms with van der Waals surface area (Å²) in [5.74, 6) is 0.476. The molecule has 6 aromatic carbocycles. The number of fused-ring (bicyclic) bond motifs is 3. The third-order valence-corrected chi connectivity index (χ3v) is 9.09. The SMILES string of the molecule is C1=CC=CC(C2c3cc(-c4ccccc4-c4ccccc4)ccc3-c3ccc(-c4ccccc4-c4ccccc4)cc32)C=C1. The number of hydrogen-bond acceptors (Lipinski definition) is 0. The molecule has 2 aliphatic rings. The molecule has 0 nitrogen and oxygen atoms in total. The molecule has 0 heterocycles. The first-order chi connectivity index (χ1) is 21.8. The second kappa shape index (κ2) is 11.3. The lowest BCUT2D eigenvalue weighted by atomic mass is 9.81. The minimum atomic E-state index is 0.222. The van der Waals surface area contributed by atoms with Gasteiger partial charge >= 0.3 is 0 Å². The summed E-state index contributed by atoms with van der Waals surface area (Å²) in [5.41, 5.74) is 15.5. The summed E-state index contributed by atoms with van der Waals surface area (Å²) in [6.07, 6.45) is 13.4. The van der Waals surface area contributed by atoms with Gasteiger partial charge in [-0.2, -0.15) is 0 Å². The lowest BCUT2D eigenvalue weighted by molar-refractivity contribution is 0.701. The van der Waals surface area contributed by atoms with Gasteiger partial charge < -0.3 is 0 Å². The quantitative estimate of drug-likeness (QED) is 0.197. The summed E-state index contributed by atoms with van der Waals surface area (Å²) in [6, 6.07) is 53.3. The van der Waals surface area contributed by atoms with Gasteiger partial charge in [-0.25, -0.2) is 0 Å². The van der Waals surface area contributed by atoms with Gasteiger partial charge in [0.15, 0.2) is 0 Å². The fraction of sp³-hybridized carbons (Fsp3) is 0.0455. The Hall–Kier alpha value is -5.46. The zero-order chi connectivity index (χ0) is 29.3. The zero-order valence-electron chi connectivity index (χ0n) is 24.5. The Labute approximate surface area is 260 Å². The van der Waals surface area contributed by atoms with E-state index in [4.69, 9.17) is 0 Å². The zero-order valence-corrected chi connectivity index (χ0v) is 24.5. The molecule has 0 aliphatic heterocycles. The fourth-order valence-corrected chi connectivity index (χ4v) is 7.06. The molecule has 6 aromatic rings. The van der Waals surface area contributed by atoms with Crippen LogP contribution in [0.15, 0.2) is 182 Å². The third kappa shape index (κ3) is 4.66. The van der Waals surface area contributed by atoms with E-state index in [1.165, 1.54) is 66.8 Å². The van der Waals surface area contributed by atoms with Crippen LogP contribution in [0.4, 0.5) is 0 Å². The van der Waals surface area contributed by atoms with Crippen LogP contribution in [0, 0.1) is 5.92 Å². The van der Waals surface area contributed by atoms with Gasteiger partial charge in [0.05, 0.1) is 0 Å². The largest absolute Gasteiger partial charge is 0.0767 e. The Kier molecular flexibility index (Phi) is 6.74. The molecule has 2 aliphatic carbocycles. The highest BCUT2D eigenvalue weighted by molar-refractivity contribution is 5.90. The van der Waals surface area contributed by atoms with Crippen molar-refractivity contribution in [2.45, 2.75) is 5.92 Å². The van der Waals surface area contributed by atoms with Crippen LogP contribution >= 0.6 is 0 Å². The van der Waals surface area contributed by atoms with Crippen LogP contribution in [-0.2, 0) is 0 Å². The van der Waals surface area contributed by atoms with Gasteiger partial charge in [-0.3, -0.25) is 0 Å². The molecule has 0 radical (unpaired) electrons. The van der Waals surface area contributed by atoms with E-state index in [0.717, 1.165) is 0 Å². The van der Waals surface area contributed by atoms with E-state index >= 15 is 0 Å². The number of hydrogen-bond donors (Lipinski definition) is 0. The number of benzene rings is 6. The third-order valence-electron chi connectivity index (χ3n) is 9.09. The number of allylic oxidation sites excluding steroid dienone is 6. The van der Waals surface area contributed by atoms with Crippen molar-refractivity contribution in [1.29, 1.82) is 0 Å².